The van der Waals surface area contributed by atoms with Crippen LogP contribution in [0.5, 0.6) is 11.5 Å². The molecule has 1 aliphatic heterocycles. The largest absolute Gasteiger partial charge is 0.497 e. The minimum atomic E-state index is 0. The molecule has 0 radical (unpaired) electrons. The van der Waals surface area contributed by atoms with Crippen LogP contribution in [0.4, 0.5) is 0 Å². The predicted octanol–water partition coefficient (Wildman–Crippen LogP) is 4.52. The number of ether oxygens (including phenoxy) is 3. The molecule has 0 aliphatic carbocycles. The normalized spacial score (nSPS) is 15.4. The third kappa shape index (κ3) is 7.27. The van der Waals surface area contributed by atoms with Crippen molar-refractivity contribution in [1.82, 2.24) is 10.6 Å². The van der Waals surface area contributed by atoms with Gasteiger partial charge < -0.3 is 24.8 Å². The molecule has 6 nitrogen and oxygen atoms in total. The molecular formula is C25H36IN3O3. The molecule has 32 heavy (non-hydrogen) atoms. The van der Waals surface area contributed by atoms with Gasteiger partial charge in [-0.25, -0.2) is 4.99 Å². The summed E-state index contributed by atoms with van der Waals surface area (Å²) in [5, 5.41) is 6.96. The van der Waals surface area contributed by atoms with Crippen LogP contribution < -0.4 is 20.1 Å². The van der Waals surface area contributed by atoms with Crippen LogP contribution in [0.25, 0.3) is 0 Å². The molecule has 0 atom stereocenters. The van der Waals surface area contributed by atoms with Crippen LogP contribution in [0.1, 0.15) is 37.8 Å². The topological polar surface area (TPSA) is 64.1 Å². The maximum Gasteiger partial charge on any atom is 0.191 e. The quantitative estimate of drug-likeness (QED) is 0.272. The van der Waals surface area contributed by atoms with Gasteiger partial charge in [0, 0.05) is 31.7 Å². The molecule has 0 aromatic heterocycles. The molecule has 2 N–H and O–H groups in total. The summed E-state index contributed by atoms with van der Waals surface area (Å²) in [4.78, 5) is 4.79. The maximum absolute atomic E-state index is 5.68. The highest BCUT2D eigenvalue weighted by Crippen LogP contribution is 2.35. The standard InChI is InChI=1S/C25H35N3O3.HI/c1-4-26-24(27-18-20-7-6-8-23(17-20)29-3)28-19-25(13-15-30-16-14-25)21-9-11-22(12-10-21)31-5-2;/h6-12,17H,4-5,13-16,18-19H2,1-3H3,(H2,26,27,28);1H. The fourth-order valence-electron chi connectivity index (χ4n) is 3.94. The van der Waals surface area contributed by atoms with Gasteiger partial charge in [0.25, 0.3) is 0 Å². The lowest BCUT2D eigenvalue weighted by Gasteiger charge is -2.38. The molecule has 1 heterocycles. The molecule has 0 saturated carbocycles. The molecule has 3 rings (SSSR count). The van der Waals surface area contributed by atoms with E-state index in [1.54, 1.807) is 7.11 Å². The fourth-order valence-corrected chi connectivity index (χ4v) is 3.94. The second kappa shape index (κ2) is 13.5. The number of rotatable bonds is 9. The van der Waals surface area contributed by atoms with E-state index in [2.05, 4.69) is 47.9 Å². The van der Waals surface area contributed by atoms with E-state index < -0.39 is 0 Å². The molecule has 1 saturated heterocycles. The van der Waals surface area contributed by atoms with E-state index in [1.165, 1.54) is 5.56 Å². The third-order valence-electron chi connectivity index (χ3n) is 5.72. The monoisotopic (exact) mass is 553 g/mol. The Hall–Kier alpha value is -2.00. The number of halogens is 1. The molecule has 0 amide bonds. The van der Waals surface area contributed by atoms with Crippen molar-refractivity contribution < 1.29 is 14.2 Å². The van der Waals surface area contributed by atoms with Crippen molar-refractivity contribution in [3.8, 4) is 11.5 Å². The van der Waals surface area contributed by atoms with E-state index in [1.807, 2.05) is 25.1 Å². The lowest BCUT2D eigenvalue weighted by atomic mass is 9.74. The van der Waals surface area contributed by atoms with Crippen molar-refractivity contribution in [3.63, 3.8) is 0 Å². The molecule has 0 spiro atoms. The van der Waals surface area contributed by atoms with Gasteiger partial charge in [-0.15, -0.1) is 24.0 Å². The molecule has 0 bridgehead atoms. The van der Waals surface area contributed by atoms with Gasteiger partial charge in [-0.2, -0.15) is 0 Å². The second-order valence-corrected chi connectivity index (χ2v) is 7.75. The molecule has 176 valence electrons. The van der Waals surface area contributed by atoms with Crippen molar-refractivity contribution in [3.05, 3.63) is 59.7 Å². The second-order valence-electron chi connectivity index (χ2n) is 7.75. The number of aliphatic imine (C=N–C) groups is 1. The number of nitrogens with zero attached hydrogens (tertiary/aromatic N) is 1. The van der Waals surface area contributed by atoms with Gasteiger partial charge in [-0.3, -0.25) is 0 Å². The average Bonchev–Trinajstić information content (AvgIpc) is 2.82. The number of methoxy groups -OCH3 is 1. The third-order valence-corrected chi connectivity index (χ3v) is 5.72. The van der Waals surface area contributed by atoms with Crippen LogP contribution in [0, 0.1) is 0 Å². The van der Waals surface area contributed by atoms with E-state index in [9.17, 15) is 0 Å². The van der Waals surface area contributed by atoms with Crippen molar-refractivity contribution >= 4 is 29.9 Å². The number of hydrogen-bond donors (Lipinski definition) is 2. The average molecular weight is 553 g/mol. The van der Waals surface area contributed by atoms with Gasteiger partial charge in [0.05, 0.1) is 20.3 Å². The fraction of sp³-hybridized carbons (Fsp3) is 0.480. The lowest BCUT2D eigenvalue weighted by molar-refractivity contribution is 0.0513. The molecule has 1 aliphatic rings. The Labute approximate surface area is 209 Å². The number of guanidine groups is 1. The Morgan fingerprint density at radius 3 is 2.44 bits per heavy atom. The summed E-state index contributed by atoms with van der Waals surface area (Å²) in [5.41, 5.74) is 2.44. The molecule has 0 unspecified atom stereocenters. The van der Waals surface area contributed by atoms with E-state index >= 15 is 0 Å². The maximum atomic E-state index is 5.68. The minimum Gasteiger partial charge on any atom is -0.497 e. The zero-order chi connectivity index (χ0) is 21.9. The number of benzene rings is 2. The Morgan fingerprint density at radius 2 is 1.78 bits per heavy atom. The van der Waals surface area contributed by atoms with Gasteiger partial charge >= 0.3 is 0 Å². The van der Waals surface area contributed by atoms with Crippen LogP contribution in [0.3, 0.4) is 0 Å². The Balaban J connectivity index is 0.00000363. The summed E-state index contributed by atoms with van der Waals surface area (Å²) in [6.45, 7) is 8.50. The van der Waals surface area contributed by atoms with Gasteiger partial charge in [0.2, 0.25) is 0 Å². The Bertz CT molecular complexity index is 837. The predicted molar refractivity (Wildman–Crippen MR) is 141 cm³/mol. The molecule has 1 fully saturated rings. The summed E-state index contributed by atoms with van der Waals surface area (Å²) < 4.78 is 16.6. The van der Waals surface area contributed by atoms with Crippen molar-refractivity contribution in [1.29, 1.82) is 0 Å². The SMILES string of the molecule is CCNC(=NCc1cccc(OC)c1)NCC1(c2ccc(OCC)cc2)CCOCC1.I. The number of hydrogen-bond acceptors (Lipinski definition) is 4. The first-order valence-electron chi connectivity index (χ1n) is 11.2. The molecule has 2 aromatic rings. The zero-order valence-corrected chi connectivity index (χ0v) is 21.7. The summed E-state index contributed by atoms with van der Waals surface area (Å²) in [6, 6.07) is 16.5. The van der Waals surface area contributed by atoms with Crippen LogP contribution in [0.15, 0.2) is 53.5 Å². The van der Waals surface area contributed by atoms with E-state index in [4.69, 9.17) is 19.2 Å². The summed E-state index contributed by atoms with van der Waals surface area (Å²) in [7, 11) is 1.68. The van der Waals surface area contributed by atoms with Crippen LogP contribution in [-0.2, 0) is 16.7 Å². The summed E-state index contributed by atoms with van der Waals surface area (Å²) >= 11 is 0. The van der Waals surface area contributed by atoms with E-state index in [-0.39, 0.29) is 29.4 Å². The van der Waals surface area contributed by atoms with Crippen molar-refractivity contribution in [2.45, 2.75) is 38.6 Å². The summed E-state index contributed by atoms with van der Waals surface area (Å²) in [6.07, 6.45) is 1.95. The smallest absolute Gasteiger partial charge is 0.191 e. The van der Waals surface area contributed by atoms with Gasteiger partial charge in [0.15, 0.2) is 5.96 Å². The molecule has 2 aromatic carbocycles. The molecule has 7 heteroatoms. The van der Waals surface area contributed by atoms with Crippen LogP contribution in [0.2, 0.25) is 0 Å². The Kier molecular flexibility index (Phi) is 11.1. The van der Waals surface area contributed by atoms with Gasteiger partial charge in [0.1, 0.15) is 11.5 Å². The first-order chi connectivity index (χ1) is 15.2. The van der Waals surface area contributed by atoms with Crippen LogP contribution in [-0.4, -0.2) is 46.0 Å². The highest BCUT2D eigenvalue weighted by atomic mass is 127. The van der Waals surface area contributed by atoms with Gasteiger partial charge in [-0.1, -0.05) is 24.3 Å². The zero-order valence-electron chi connectivity index (χ0n) is 19.4. The van der Waals surface area contributed by atoms with Crippen molar-refractivity contribution in [2.75, 3.05) is 40.0 Å². The molecular weight excluding hydrogens is 517 g/mol. The summed E-state index contributed by atoms with van der Waals surface area (Å²) in [5.74, 6) is 2.58. The first-order valence-corrected chi connectivity index (χ1v) is 11.2. The van der Waals surface area contributed by atoms with E-state index in [0.29, 0.717) is 13.2 Å². The first kappa shape index (κ1) is 26.3. The van der Waals surface area contributed by atoms with Gasteiger partial charge in [-0.05, 0) is 62.1 Å². The van der Waals surface area contributed by atoms with E-state index in [0.717, 1.165) is 62.2 Å². The van der Waals surface area contributed by atoms with Crippen LogP contribution >= 0.6 is 24.0 Å². The highest BCUT2D eigenvalue weighted by Gasteiger charge is 2.34. The highest BCUT2D eigenvalue weighted by molar-refractivity contribution is 14.0. The Morgan fingerprint density at radius 1 is 1.03 bits per heavy atom. The lowest BCUT2D eigenvalue weighted by Crippen LogP contribution is -2.48. The minimum absolute atomic E-state index is 0. The van der Waals surface area contributed by atoms with Crippen molar-refractivity contribution in [2.24, 2.45) is 4.99 Å². The number of nitrogens with one attached hydrogen (secondary N) is 2.